The highest BCUT2D eigenvalue weighted by molar-refractivity contribution is 5.34. The van der Waals surface area contributed by atoms with E-state index in [1.807, 2.05) is 12.1 Å². The van der Waals surface area contributed by atoms with Gasteiger partial charge in [0.2, 0.25) is 0 Å². The number of hydrogen-bond acceptors (Lipinski definition) is 3. The smallest absolute Gasteiger partial charge is 0.115 e. The number of phenols is 1. The molecule has 3 nitrogen and oxygen atoms in total. The van der Waals surface area contributed by atoms with Crippen molar-refractivity contribution in [2.45, 2.75) is 38.1 Å². The first-order valence-corrected chi connectivity index (χ1v) is 10.3. The average Bonchev–Trinajstić information content (AvgIpc) is 2.68. The topological polar surface area (TPSA) is 26.7 Å². The van der Waals surface area contributed by atoms with Crippen molar-refractivity contribution in [2.24, 2.45) is 5.92 Å². The third-order valence-electron chi connectivity index (χ3n) is 7.01. The molecule has 2 aromatic carbocycles. The molecule has 0 spiro atoms. The van der Waals surface area contributed by atoms with Crippen molar-refractivity contribution in [1.82, 2.24) is 9.80 Å². The van der Waals surface area contributed by atoms with Gasteiger partial charge in [-0.1, -0.05) is 56.3 Å². The van der Waals surface area contributed by atoms with Crippen molar-refractivity contribution in [1.29, 1.82) is 0 Å². The second-order valence-corrected chi connectivity index (χ2v) is 8.76. The summed E-state index contributed by atoms with van der Waals surface area (Å²) in [7, 11) is 0. The van der Waals surface area contributed by atoms with Gasteiger partial charge in [-0.2, -0.15) is 0 Å². The molecule has 0 radical (unpaired) electrons. The fraction of sp³-hybridized carbons (Fsp3) is 0.500. The van der Waals surface area contributed by atoms with E-state index in [1.54, 1.807) is 6.07 Å². The number of piperidine rings is 1. The molecule has 2 saturated heterocycles. The van der Waals surface area contributed by atoms with Gasteiger partial charge in [0, 0.05) is 38.8 Å². The number of fused-ring (bicyclic) bond motifs is 1. The maximum absolute atomic E-state index is 9.98. The van der Waals surface area contributed by atoms with Crippen LogP contribution >= 0.6 is 0 Å². The Bertz CT molecular complexity index is 762. The highest BCUT2D eigenvalue weighted by atomic mass is 16.3. The standard InChI is InChI=1S/C24H32N2O/c1-19-17-26-14-13-25(12-11-20-7-4-3-5-8-20)18-22(26)16-24(19,2)21-9-6-10-23(27)15-21/h3-10,15,19,22,27H,11-14,16-18H2,1-2H3. The number of hydrogen-bond donors (Lipinski definition) is 1. The molecule has 2 aliphatic heterocycles. The molecule has 3 unspecified atom stereocenters. The lowest BCUT2D eigenvalue weighted by atomic mass is 9.65. The van der Waals surface area contributed by atoms with E-state index in [4.69, 9.17) is 0 Å². The van der Waals surface area contributed by atoms with Crippen molar-refractivity contribution in [3.8, 4) is 5.75 Å². The van der Waals surface area contributed by atoms with Crippen LogP contribution in [-0.2, 0) is 11.8 Å². The largest absolute Gasteiger partial charge is 0.508 e. The van der Waals surface area contributed by atoms with Gasteiger partial charge < -0.3 is 10.0 Å². The predicted molar refractivity (Wildman–Crippen MR) is 111 cm³/mol. The first-order chi connectivity index (χ1) is 13.0. The minimum absolute atomic E-state index is 0.127. The van der Waals surface area contributed by atoms with E-state index in [0.29, 0.717) is 17.7 Å². The lowest BCUT2D eigenvalue weighted by Crippen LogP contribution is -2.61. The van der Waals surface area contributed by atoms with Gasteiger partial charge >= 0.3 is 0 Å². The van der Waals surface area contributed by atoms with Crippen molar-refractivity contribution in [3.63, 3.8) is 0 Å². The fourth-order valence-electron chi connectivity index (χ4n) is 5.03. The molecule has 3 heteroatoms. The monoisotopic (exact) mass is 364 g/mol. The van der Waals surface area contributed by atoms with Gasteiger partial charge in [-0.15, -0.1) is 0 Å². The lowest BCUT2D eigenvalue weighted by molar-refractivity contribution is -0.00278. The molecule has 3 atom stereocenters. The zero-order chi connectivity index (χ0) is 18.9. The van der Waals surface area contributed by atoms with Crippen LogP contribution in [0.25, 0.3) is 0 Å². The summed E-state index contributed by atoms with van der Waals surface area (Å²) in [6, 6.07) is 19.4. The van der Waals surface area contributed by atoms with Crippen LogP contribution in [0.1, 0.15) is 31.4 Å². The van der Waals surface area contributed by atoms with Crippen LogP contribution in [-0.4, -0.2) is 53.7 Å². The van der Waals surface area contributed by atoms with Crippen LogP contribution in [0.4, 0.5) is 0 Å². The van der Waals surface area contributed by atoms with Gasteiger partial charge in [0.15, 0.2) is 0 Å². The van der Waals surface area contributed by atoms with E-state index in [1.165, 1.54) is 30.6 Å². The molecule has 0 bridgehead atoms. The van der Waals surface area contributed by atoms with Crippen molar-refractivity contribution < 1.29 is 5.11 Å². The van der Waals surface area contributed by atoms with E-state index >= 15 is 0 Å². The zero-order valence-electron chi connectivity index (χ0n) is 16.6. The number of piperazine rings is 1. The van der Waals surface area contributed by atoms with Gasteiger partial charge in [-0.25, -0.2) is 0 Å². The Morgan fingerprint density at radius 3 is 2.63 bits per heavy atom. The molecule has 0 amide bonds. The van der Waals surface area contributed by atoms with Crippen LogP contribution in [0.2, 0.25) is 0 Å². The Kier molecular flexibility index (Phi) is 5.25. The maximum atomic E-state index is 9.98. The molecule has 2 aromatic rings. The molecule has 0 saturated carbocycles. The molecule has 2 aliphatic rings. The number of phenolic OH excluding ortho intramolecular Hbond substituents is 1. The summed E-state index contributed by atoms with van der Waals surface area (Å²) in [5, 5.41) is 9.98. The van der Waals surface area contributed by atoms with Crippen molar-refractivity contribution >= 4 is 0 Å². The summed E-state index contributed by atoms with van der Waals surface area (Å²) < 4.78 is 0. The van der Waals surface area contributed by atoms with Crippen LogP contribution in [0, 0.1) is 5.92 Å². The normalized spacial score (nSPS) is 29.4. The summed E-state index contributed by atoms with van der Waals surface area (Å²) in [6.45, 7) is 10.6. The van der Waals surface area contributed by atoms with Crippen LogP contribution in [0.15, 0.2) is 54.6 Å². The summed E-state index contributed by atoms with van der Waals surface area (Å²) in [6.07, 6.45) is 2.30. The molecule has 27 heavy (non-hydrogen) atoms. The molecule has 144 valence electrons. The Hall–Kier alpha value is -1.84. The predicted octanol–water partition coefficient (Wildman–Crippen LogP) is 3.92. The Morgan fingerprint density at radius 2 is 1.85 bits per heavy atom. The third-order valence-corrected chi connectivity index (χ3v) is 7.01. The maximum Gasteiger partial charge on any atom is 0.115 e. The summed E-state index contributed by atoms with van der Waals surface area (Å²) in [5.74, 6) is 0.975. The van der Waals surface area contributed by atoms with Gasteiger partial charge in [0.1, 0.15) is 5.75 Å². The quantitative estimate of drug-likeness (QED) is 0.891. The summed E-state index contributed by atoms with van der Waals surface area (Å²) in [4.78, 5) is 5.35. The average molecular weight is 365 g/mol. The Balaban J connectivity index is 1.44. The highest BCUT2D eigenvalue weighted by Crippen LogP contribution is 2.43. The van der Waals surface area contributed by atoms with E-state index < -0.39 is 0 Å². The van der Waals surface area contributed by atoms with E-state index in [-0.39, 0.29) is 5.41 Å². The molecule has 2 fully saturated rings. The lowest BCUT2D eigenvalue weighted by Gasteiger charge is -2.53. The van der Waals surface area contributed by atoms with Gasteiger partial charge in [-0.05, 0) is 47.4 Å². The molecule has 4 rings (SSSR count). The second-order valence-electron chi connectivity index (χ2n) is 8.76. The van der Waals surface area contributed by atoms with Crippen LogP contribution in [0.3, 0.4) is 0 Å². The SMILES string of the molecule is CC1CN2CCN(CCc3ccccc3)CC2CC1(C)c1cccc(O)c1. The Morgan fingerprint density at radius 1 is 1.04 bits per heavy atom. The highest BCUT2D eigenvalue weighted by Gasteiger charge is 2.44. The van der Waals surface area contributed by atoms with E-state index in [9.17, 15) is 5.11 Å². The van der Waals surface area contributed by atoms with Gasteiger partial charge in [0.25, 0.3) is 0 Å². The summed E-state index contributed by atoms with van der Waals surface area (Å²) >= 11 is 0. The number of rotatable bonds is 4. The van der Waals surface area contributed by atoms with Gasteiger partial charge in [-0.3, -0.25) is 4.90 Å². The van der Waals surface area contributed by atoms with E-state index in [0.717, 1.165) is 26.1 Å². The molecule has 0 aromatic heterocycles. The molecule has 2 heterocycles. The zero-order valence-corrected chi connectivity index (χ0v) is 16.6. The molecule has 1 N–H and O–H groups in total. The number of aromatic hydroxyl groups is 1. The summed E-state index contributed by atoms with van der Waals surface area (Å²) in [5.41, 5.74) is 2.85. The second kappa shape index (κ2) is 7.65. The minimum atomic E-state index is 0.127. The first-order valence-electron chi connectivity index (χ1n) is 10.3. The van der Waals surface area contributed by atoms with Crippen molar-refractivity contribution in [3.05, 3.63) is 65.7 Å². The number of benzene rings is 2. The molecule has 0 aliphatic carbocycles. The first kappa shape index (κ1) is 18.5. The van der Waals surface area contributed by atoms with Crippen LogP contribution in [0.5, 0.6) is 5.75 Å². The minimum Gasteiger partial charge on any atom is -0.508 e. The molecular formula is C24H32N2O. The Labute approximate surface area is 163 Å². The number of nitrogens with zero attached hydrogens (tertiary/aromatic N) is 2. The fourth-order valence-corrected chi connectivity index (χ4v) is 5.03. The van der Waals surface area contributed by atoms with Gasteiger partial charge in [0.05, 0.1) is 0 Å². The third kappa shape index (κ3) is 3.90. The van der Waals surface area contributed by atoms with E-state index in [2.05, 4.69) is 60.0 Å². The van der Waals surface area contributed by atoms with Crippen LogP contribution < -0.4 is 0 Å². The molecular weight excluding hydrogens is 332 g/mol. The van der Waals surface area contributed by atoms with Crippen molar-refractivity contribution in [2.75, 3.05) is 32.7 Å².